The van der Waals surface area contributed by atoms with Gasteiger partial charge in [-0.25, -0.2) is 0 Å². The first-order valence-electron chi connectivity index (χ1n) is 5.55. The summed E-state index contributed by atoms with van der Waals surface area (Å²) >= 11 is 13.0. The maximum atomic E-state index is 11.7. The number of benzene rings is 1. The van der Waals surface area contributed by atoms with Crippen LogP contribution in [0.2, 0.25) is 10.0 Å². The van der Waals surface area contributed by atoms with Crippen molar-refractivity contribution in [2.24, 2.45) is 5.92 Å². The average Bonchev–Trinajstić information content (AvgIpc) is 2.69. The molecule has 0 aromatic heterocycles. The molecule has 0 bridgehead atoms. The normalized spacial score (nSPS) is 26.2. The molecule has 0 radical (unpaired) electrons. The van der Waals surface area contributed by atoms with Crippen molar-refractivity contribution >= 4 is 45.8 Å². The minimum absolute atomic E-state index is 0.0384. The van der Waals surface area contributed by atoms with Crippen molar-refractivity contribution in [1.29, 1.82) is 10.7 Å². The van der Waals surface area contributed by atoms with Gasteiger partial charge in [0, 0.05) is 5.92 Å². The molecule has 6 heteroatoms. The van der Waals surface area contributed by atoms with Crippen LogP contribution in [0.1, 0.15) is 18.4 Å². The van der Waals surface area contributed by atoms with Crippen molar-refractivity contribution in [3.8, 4) is 6.07 Å². The van der Waals surface area contributed by atoms with Crippen molar-refractivity contribution in [3.05, 3.63) is 33.8 Å². The first-order chi connectivity index (χ1) is 8.95. The van der Waals surface area contributed by atoms with Gasteiger partial charge in [-0.1, -0.05) is 41.0 Å². The van der Waals surface area contributed by atoms with Crippen molar-refractivity contribution < 1.29 is 4.79 Å². The van der Waals surface area contributed by atoms with Gasteiger partial charge in [-0.05, 0) is 24.6 Å². The van der Waals surface area contributed by atoms with Gasteiger partial charge in [0.1, 0.15) is 11.7 Å². The molecule has 1 aliphatic rings. The van der Waals surface area contributed by atoms with Gasteiger partial charge < -0.3 is 0 Å². The summed E-state index contributed by atoms with van der Waals surface area (Å²) in [5.41, 5.74) is 0.774. The number of carbonyl (C=O) groups is 1. The fourth-order valence-corrected chi connectivity index (χ4v) is 3.74. The van der Waals surface area contributed by atoms with Gasteiger partial charge in [0.05, 0.1) is 26.4 Å². The smallest absolute Gasteiger partial charge is 0.143 e. The third-order valence-electron chi connectivity index (χ3n) is 3.09. The highest BCUT2D eigenvalue weighted by molar-refractivity contribution is 8.15. The largest absolute Gasteiger partial charge is 0.299 e. The van der Waals surface area contributed by atoms with Gasteiger partial charge in [-0.3, -0.25) is 10.2 Å². The molecule has 0 amide bonds. The molecule has 19 heavy (non-hydrogen) atoms. The van der Waals surface area contributed by atoms with Crippen LogP contribution >= 0.6 is 35.0 Å². The van der Waals surface area contributed by atoms with E-state index in [0.717, 1.165) is 17.3 Å². The molecular weight excluding hydrogens is 303 g/mol. The van der Waals surface area contributed by atoms with Crippen molar-refractivity contribution in [2.75, 3.05) is 0 Å². The number of nitrogens with zero attached hydrogens (tertiary/aromatic N) is 1. The van der Waals surface area contributed by atoms with Gasteiger partial charge in [-0.15, -0.1) is 0 Å². The first kappa shape index (κ1) is 14.4. The number of hydrogen-bond donors (Lipinski definition) is 1. The molecule has 0 spiro atoms. The van der Waals surface area contributed by atoms with Crippen molar-refractivity contribution in [3.63, 3.8) is 0 Å². The van der Waals surface area contributed by atoms with E-state index in [9.17, 15) is 10.1 Å². The Kier molecular flexibility index (Phi) is 4.19. The molecule has 1 heterocycles. The third-order valence-corrected chi connectivity index (χ3v) is 5.22. The fraction of sp³-hybridized carbons (Fsp3) is 0.308. The minimum atomic E-state index is -0.601. The van der Waals surface area contributed by atoms with Crippen molar-refractivity contribution in [1.82, 2.24) is 0 Å². The molecule has 1 aromatic rings. The lowest BCUT2D eigenvalue weighted by Gasteiger charge is -2.18. The van der Waals surface area contributed by atoms with Crippen LogP contribution < -0.4 is 0 Å². The molecule has 3 nitrogen and oxygen atoms in total. The lowest BCUT2D eigenvalue weighted by molar-refractivity contribution is -0.116. The quantitative estimate of drug-likeness (QED) is 0.900. The number of thioether (sulfide) groups is 1. The number of nitriles is 1. The second kappa shape index (κ2) is 5.54. The van der Waals surface area contributed by atoms with E-state index in [1.54, 1.807) is 18.2 Å². The number of carbonyl (C=O) groups excluding carboxylic acids is 1. The highest BCUT2D eigenvalue weighted by atomic mass is 35.5. The predicted octanol–water partition coefficient (Wildman–Crippen LogP) is 3.90. The van der Waals surface area contributed by atoms with Gasteiger partial charge in [0.15, 0.2) is 0 Å². The summed E-state index contributed by atoms with van der Waals surface area (Å²) < 4.78 is 0. The molecular formula is C13H10Cl2N2OS. The zero-order valence-electron chi connectivity index (χ0n) is 9.98. The number of ketones is 1. The lowest BCUT2D eigenvalue weighted by Crippen LogP contribution is -2.22. The second-order valence-corrected chi connectivity index (χ2v) is 6.32. The molecule has 3 atom stereocenters. The van der Waals surface area contributed by atoms with Crippen LogP contribution in [0.4, 0.5) is 0 Å². The van der Waals surface area contributed by atoms with Crippen LogP contribution in [-0.2, 0) is 4.79 Å². The summed E-state index contributed by atoms with van der Waals surface area (Å²) in [5.74, 6) is -0.977. The van der Waals surface area contributed by atoms with Gasteiger partial charge in [0.2, 0.25) is 0 Å². The van der Waals surface area contributed by atoms with Crippen LogP contribution in [0.15, 0.2) is 18.2 Å². The third kappa shape index (κ3) is 2.64. The van der Waals surface area contributed by atoms with Gasteiger partial charge in [-0.2, -0.15) is 5.26 Å². The number of rotatable bonds is 2. The number of nitrogens with one attached hydrogen (secondary N) is 1. The number of halogens is 2. The molecule has 1 N–H and O–H groups in total. The van der Waals surface area contributed by atoms with E-state index in [0.29, 0.717) is 10.0 Å². The van der Waals surface area contributed by atoms with Crippen LogP contribution in [-0.4, -0.2) is 16.1 Å². The lowest BCUT2D eigenvalue weighted by atomic mass is 9.84. The summed E-state index contributed by atoms with van der Waals surface area (Å²) in [5, 5.41) is 17.7. The Morgan fingerprint density at radius 1 is 1.42 bits per heavy atom. The van der Waals surface area contributed by atoms with Crippen LogP contribution in [0.5, 0.6) is 0 Å². The summed E-state index contributed by atoms with van der Waals surface area (Å²) in [6, 6.07) is 7.19. The second-order valence-electron chi connectivity index (χ2n) is 4.32. The maximum Gasteiger partial charge on any atom is 0.143 e. The average molecular weight is 313 g/mol. The molecule has 0 unspecified atom stereocenters. The molecule has 1 aliphatic heterocycles. The molecule has 0 aliphatic carbocycles. The van der Waals surface area contributed by atoms with Crippen molar-refractivity contribution in [2.45, 2.75) is 18.1 Å². The highest BCUT2D eigenvalue weighted by Gasteiger charge is 2.44. The van der Waals surface area contributed by atoms with E-state index >= 15 is 0 Å². The Labute approximate surface area is 125 Å². The molecule has 2 rings (SSSR count). The summed E-state index contributed by atoms with van der Waals surface area (Å²) in [7, 11) is 0. The van der Waals surface area contributed by atoms with Crippen LogP contribution in [0, 0.1) is 22.7 Å². The Hall–Kier alpha value is -1.02. The maximum absolute atomic E-state index is 11.7. The van der Waals surface area contributed by atoms with E-state index in [2.05, 4.69) is 6.07 Å². The SMILES string of the molecule is CC(=O)[C@H]1SC(=N)[C@@H](C#N)[C@H]1c1ccc(Cl)c(Cl)c1. The molecule has 1 fully saturated rings. The Balaban J connectivity index is 2.48. The Morgan fingerprint density at radius 3 is 2.63 bits per heavy atom. The first-order valence-corrected chi connectivity index (χ1v) is 7.19. The van der Waals surface area contributed by atoms with Crippen LogP contribution in [0.25, 0.3) is 0 Å². The van der Waals surface area contributed by atoms with E-state index in [1.165, 1.54) is 6.92 Å². The topological polar surface area (TPSA) is 64.7 Å². The van der Waals surface area contributed by atoms with E-state index in [1.807, 2.05) is 0 Å². The van der Waals surface area contributed by atoms with Gasteiger partial charge >= 0.3 is 0 Å². The fourth-order valence-electron chi connectivity index (χ4n) is 2.18. The Bertz CT molecular complexity index is 597. The number of Topliss-reactive ketones (excluding diaryl/α,β-unsaturated/α-hetero) is 1. The predicted molar refractivity (Wildman–Crippen MR) is 78.1 cm³/mol. The molecule has 98 valence electrons. The zero-order chi connectivity index (χ0) is 14.2. The molecule has 1 saturated heterocycles. The summed E-state index contributed by atoms with van der Waals surface area (Å²) in [6.45, 7) is 1.48. The minimum Gasteiger partial charge on any atom is -0.299 e. The number of hydrogen-bond acceptors (Lipinski definition) is 4. The van der Waals surface area contributed by atoms with E-state index in [-0.39, 0.29) is 16.7 Å². The molecule has 0 saturated carbocycles. The highest BCUT2D eigenvalue weighted by Crippen LogP contribution is 2.46. The monoisotopic (exact) mass is 312 g/mol. The standard InChI is InChI=1S/C13H10Cl2N2OS/c1-6(18)12-11(8(5-16)13(17)19-12)7-2-3-9(14)10(15)4-7/h2-4,8,11-12,17H,1H3/t8-,11+,12+/m0/s1. The van der Waals surface area contributed by atoms with Crippen LogP contribution in [0.3, 0.4) is 0 Å². The van der Waals surface area contributed by atoms with Gasteiger partial charge in [0.25, 0.3) is 0 Å². The Morgan fingerprint density at radius 2 is 2.11 bits per heavy atom. The summed E-state index contributed by atoms with van der Waals surface area (Å²) in [6.07, 6.45) is 0. The zero-order valence-corrected chi connectivity index (χ0v) is 12.3. The molecule has 1 aromatic carbocycles. The van der Waals surface area contributed by atoms with E-state index < -0.39 is 11.2 Å². The van der Waals surface area contributed by atoms with E-state index in [4.69, 9.17) is 28.6 Å². The summed E-state index contributed by atoms with van der Waals surface area (Å²) in [4.78, 5) is 11.7.